The van der Waals surface area contributed by atoms with Gasteiger partial charge in [0.2, 0.25) is 11.8 Å². The highest BCUT2D eigenvalue weighted by atomic mass is 19.1. The molecule has 2 aromatic rings. The summed E-state index contributed by atoms with van der Waals surface area (Å²) in [4.78, 5) is 53.0. The lowest BCUT2D eigenvalue weighted by molar-refractivity contribution is -0.136. The van der Waals surface area contributed by atoms with Gasteiger partial charge in [0.05, 0.1) is 0 Å². The Morgan fingerprint density at radius 1 is 1.16 bits per heavy atom. The molecule has 0 saturated heterocycles. The standard InChI is InChI=1S/C22H25FN4O4/c1-13(24-14(2)28)20(29)26-10-9-18-15(11-26)12-27(17-7-5-16(23)6-8-17)22(31)19(18)21(30)25(3)4/h5-8,12-13H,9-11H2,1-4H3,(H,24,28)/t13-/m0/s1. The van der Waals surface area contributed by atoms with Crippen LogP contribution in [0.2, 0.25) is 0 Å². The van der Waals surface area contributed by atoms with E-state index in [0.29, 0.717) is 29.8 Å². The predicted octanol–water partition coefficient (Wildman–Crippen LogP) is 1.09. The largest absolute Gasteiger partial charge is 0.345 e. The SMILES string of the molecule is CC(=O)N[C@@H](C)C(=O)N1CCc2c(cn(-c3ccc(F)cc3)c(=O)c2C(=O)N(C)C)C1. The lowest BCUT2D eigenvalue weighted by Crippen LogP contribution is -2.48. The van der Waals surface area contributed by atoms with Crippen LogP contribution in [0.1, 0.15) is 35.3 Å². The van der Waals surface area contributed by atoms with Crippen molar-refractivity contribution in [2.75, 3.05) is 20.6 Å². The van der Waals surface area contributed by atoms with Crippen molar-refractivity contribution in [3.63, 3.8) is 0 Å². The number of carbonyl (C=O) groups excluding carboxylic acids is 3. The van der Waals surface area contributed by atoms with E-state index < -0.39 is 23.3 Å². The van der Waals surface area contributed by atoms with Crippen LogP contribution in [0, 0.1) is 5.82 Å². The molecule has 0 unspecified atom stereocenters. The summed E-state index contributed by atoms with van der Waals surface area (Å²) in [7, 11) is 3.13. The molecule has 1 aromatic heterocycles. The molecule has 0 aliphatic carbocycles. The number of pyridine rings is 1. The number of hydrogen-bond acceptors (Lipinski definition) is 4. The third-order valence-corrected chi connectivity index (χ3v) is 5.23. The third-order valence-electron chi connectivity index (χ3n) is 5.23. The number of hydrogen-bond donors (Lipinski definition) is 1. The van der Waals surface area contributed by atoms with Gasteiger partial charge in [-0.05, 0) is 48.7 Å². The molecule has 0 spiro atoms. The van der Waals surface area contributed by atoms with Crippen molar-refractivity contribution in [3.05, 3.63) is 63.3 Å². The summed E-state index contributed by atoms with van der Waals surface area (Å²) in [6.45, 7) is 3.46. The van der Waals surface area contributed by atoms with Crippen LogP contribution in [-0.2, 0) is 22.6 Å². The van der Waals surface area contributed by atoms with Gasteiger partial charge in [0.25, 0.3) is 11.5 Å². The molecule has 31 heavy (non-hydrogen) atoms. The molecule has 1 aliphatic rings. The van der Waals surface area contributed by atoms with E-state index in [1.54, 1.807) is 32.1 Å². The Labute approximate surface area is 179 Å². The van der Waals surface area contributed by atoms with Gasteiger partial charge in [-0.2, -0.15) is 0 Å². The van der Waals surface area contributed by atoms with Crippen LogP contribution >= 0.6 is 0 Å². The monoisotopic (exact) mass is 428 g/mol. The average molecular weight is 428 g/mol. The number of nitrogens with zero attached hydrogens (tertiary/aromatic N) is 3. The van der Waals surface area contributed by atoms with Gasteiger partial charge in [-0.1, -0.05) is 0 Å². The normalized spacial score (nSPS) is 13.9. The van der Waals surface area contributed by atoms with E-state index >= 15 is 0 Å². The summed E-state index contributed by atoms with van der Waals surface area (Å²) in [5.74, 6) is -1.42. The lowest BCUT2D eigenvalue weighted by atomic mass is 9.95. The van der Waals surface area contributed by atoms with E-state index in [0.717, 1.165) is 0 Å². The zero-order valence-electron chi connectivity index (χ0n) is 17.9. The maximum absolute atomic E-state index is 13.4. The van der Waals surface area contributed by atoms with Gasteiger partial charge >= 0.3 is 0 Å². The fraction of sp³-hybridized carbons (Fsp3) is 0.364. The van der Waals surface area contributed by atoms with E-state index in [9.17, 15) is 23.6 Å². The van der Waals surface area contributed by atoms with E-state index in [1.807, 2.05) is 0 Å². The molecule has 9 heteroatoms. The zero-order valence-corrected chi connectivity index (χ0v) is 17.9. The number of carbonyl (C=O) groups is 3. The highest BCUT2D eigenvalue weighted by Crippen LogP contribution is 2.23. The van der Waals surface area contributed by atoms with Crippen LogP contribution in [-0.4, -0.2) is 58.8 Å². The number of rotatable bonds is 4. The second-order valence-corrected chi connectivity index (χ2v) is 7.79. The first kappa shape index (κ1) is 22.2. The maximum atomic E-state index is 13.4. The van der Waals surface area contributed by atoms with Crippen LogP contribution in [0.15, 0.2) is 35.3 Å². The summed E-state index contributed by atoms with van der Waals surface area (Å²) in [5.41, 5.74) is 1.24. The van der Waals surface area contributed by atoms with Crippen molar-refractivity contribution in [3.8, 4) is 5.69 Å². The molecule has 1 N–H and O–H groups in total. The number of fused-ring (bicyclic) bond motifs is 1. The third kappa shape index (κ3) is 4.50. The minimum atomic E-state index is -0.690. The van der Waals surface area contributed by atoms with Crippen molar-refractivity contribution in [2.45, 2.75) is 32.9 Å². The second-order valence-electron chi connectivity index (χ2n) is 7.79. The molecule has 1 aromatic carbocycles. The van der Waals surface area contributed by atoms with Crippen LogP contribution in [0.25, 0.3) is 5.69 Å². The zero-order chi connectivity index (χ0) is 22.9. The van der Waals surface area contributed by atoms with Crippen LogP contribution < -0.4 is 10.9 Å². The smallest absolute Gasteiger partial charge is 0.268 e. The van der Waals surface area contributed by atoms with Crippen molar-refractivity contribution in [2.24, 2.45) is 0 Å². The number of benzene rings is 1. The summed E-state index contributed by atoms with van der Waals surface area (Å²) >= 11 is 0. The van der Waals surface area contributed by atoms with E-state index in [4.69, 9.17) is 0 Å². The van der Waals surface area contributed by atoms with Crippen molar-refractivity contribution in [1.29, 1.82) is 0 Å². The Hall–Kier alpha value is -3.49. The Morgan fingerprint density at radius 3 is 2.39 bits per heavy atom. The Kier molecular flexibility index (Phi) is 6.24. The lowest BCUT2D eigenvalue weighted by Gasteiger charge is -2.32. The van der Waals surface area contributed by atoms with Crippen molar-refractivity contribution in [1.82, 2.24) is 19.7 Å². The molecule has 1 aliphatic heterocycles. The summed E-state index contributed by atoms with van der Waals surface area (Å²) in [5, 5.41) is 2.58. The number of aromatic nitrogens is 1. The molecule has 0 saturated carbocycles. The number of amides is 3. The number of halogens is 1. The van der Waals surface area contributed by atoms with Gasteiger partial charge in [0.1, 0.15) is 17.4 Å². The first-order valence-electron chi connectivity index (χ1n) is 9.91. The molecule has 2 heterocycles. The molecule has 3 amide bonds. The van der Waals surface area contributed by atoms with Gasteiger partial charge in [-0.15, -0.1) is 0 Å². The van der Waals surface area contributed by atoms with Crippen LogP contribution in [0.3, 0.4) is 0 Å². The Balaban J connectivity index is 2.08. The molecule has 1 atom stereocenters. The van der Waals surface area contributed by atoms with Crippen molar-refractivity contribution >= 4 is 17.7 Å². The molecular formula is C22H25FN4O4. The minimum absolute atomic E-state index is 0.0498. The molecule has 0 bridgehead atoms. The fourth-order valence-corrected chi connectivity index (χ4v) is 3.72. The van der Waals surface area contributed by atoms with E-state index in [-0.39, 0.29) is 23.9 Å². The minimum Gasteiger partial charge on any atom is -0.345 e. The fourth-order valence-electron chi connectivity index (χ4n) is 3.72. The highest BCUT2D eigenvalue weighted by Gasteiger charge is 2.30. The highest BCUT2D eigenvalue weighted by molar-refractivity contribution is 5.95. The quantitative estimate of drug-likeness (QED) is 0.789. The Morgan fingerprint density at radius 2 is 1.81 bits per heavy atom. The van der Waals surface area contributed by atoms with Gasteiger partial charge in [-0.3, -0.25) is 23.7 Å². The first-order valence-corrected chi connectivity index (χ1v) is 9.91. The average Bonchev–Trinajstić information content (AvgIpc) is 2.72. The van der Waals surface area contributed by atoms with E-state index in [1.165, 1.54) is 40.7 Å². The molecule has 0 fully saturated rings. The summed E-state index contributed by atoms with van der Waals surface area (Å²) in [6.07, 6.45) is 1.93. The van der Waals surface area contributed by atoms with Gasteiger partial charge in [-0.25, -0.2) is 4.39 Å². The molecule has 3 rings (SSSR count). The topological polar surface area (TPSA) is 91.7 Å². The van der Waals surface area contributed by atoms with Gasteiger partial charge < -0.3 is 15.1 Å². The van der Waals surface area contributed by atoms with Gasteiger partial charge in [0, 0.05) is 46.0 Å². The molecule has 164 valence electrons. The van der Waals surface area contributed by atoms with Crippen LogP contribution in [0.5, 0.6) is 0 Å². The second kappa shape index (κ2) is 8.71. The first-order chi connectivity index (χ1) is 14.6. The van der Waals surface area contributed by atoms with Gasteiger partial charge in [0.15, 0.2) is 0 Å². The Bertz CT molecular complexity index is 1090. The van der Waals surface area contributed by atoms with Crippen molar-refractivity contribution < 1.29 is 18.8 Å². The summed E-state index contributed by atoms with van der Waals surface area (Å²) in [6, 6.07) is 4.69. The maximum Gasteiger partial charge on any atom is 0.268 e. The predicted molar refractivity (Wildman–Crippen MR) is 112 cm³/mol. The molecular weight excluding hydrogens is 403 g/mol. The van der Waals surface area contributed by atoms with E-state index in [2.05, 4.69) is 5.32 Å². The molecule has 8 nitrogen and oxygen atoms in total. The molecule has 0 radical (unpaired) electrons. The summed E-state index contributed by atoms with van der Waals surface area (Å²) < 4.78 is 14.7. The van der Waals surface area contributed by atoms with Crippen LogP contribution in [0.4, 0.5) is 4.39 Å². The number of nitrogens with one attached hydrogen (secondary N) is 1.